The first kappa shape index (κ1) is 25.1. The molecule has 1 fully saturated rings. The zero-order valence-corrected chi connectivity index (χ0v) is 19.4. The molecule has 0 bridgehead atoms. The van der Waals surface area contributed by atoms with Crippen LogP contribution in [0.5, 0.6) is 0 Å². The minimum Gasteiger partial charge on any atom is -0.463 e. The zero-order valence-electron chi connectivity index (χ0n) is 17.8. The first-order valence-electron chi connectivity index (χ1n) is 10.5. The van der Waals surface area contributed by atoms with Gasteiger partial charge in [0.15, 0.2) is 0 Å². The fraction of sp³-hybridized carbons (Fsp3) is 0.619. The fourth-order valence-electron chi connectivity index (χ4n) is 3.16. The highest BCUT2D eigenvalue weighted by Crippen LogP contribution is 2.30. The first-order valence-corrected chi connectivity index (χ1v) is 11.4. The van der Waals surface area contributed by atoms with Crippen molar-refractivity contribution in [1.29, 1.82) is 0 Å². The molecule has 0 radical (unpaired) electrons. The summed E-state index contributed by atoms with van der Waals surface area (Å²) in [5.74, 6) is -0.717. The average molecular weight is 501 g/mol. The van der Waals surface area contributed by atoms with Gasteiger partial charge < -0.3 is 14.2 Å². The maximum atomic E-state index is 12.3. The van der Waals surface area contributed by atoms with Crippen molar-refractivity contribution in [1.82, 2.24) is 9.55 Å². The van der Waals surface area contributed by atoms with Gasteiger partial charge in [0.1, 0.15) is 25.0 Å². The molecule has 2 rings (SSSR count). The Hall–Kier alpha value is -2.20. The van der Waals surface area contributed by atoms with E-state index in [1.54, 1.807) is 0 Å². The lowest BCUT2D eigenvalue weighted by molar-refractivity contribution is -0.158. The van der Waals surface area contributed by atoms with E-state index in [9.17, 15) is 19.2 Å². The van der Waals surface area contributed by atoms with Crippen LogP contribution in [0.25, 0.3) is 6.08 Å². The summed E-state index contributed by atoms with van der Waals surface area (Å²) in [6, 6.07) is 0. The number of hydrogen-bond acceptors (Lipinski definition) is 7. The van der Waals surface area contributed by atoms with Crippen molar-refractivity contribution < 1.29 is 23.8 Å². The fourth-order valence-corrected chi connectivity index (χ4v) is 3.45. The molecule has 1 N–H and O–H groups in total. The Kier molecular flexibility index (Phi) is 10.2. The van der Waals surface area contributed by atoms with Crippen molar-refractivity contribution in [3.63, 3.8) is 0 Å². The van der Waals surface area contributed by atoms with Crippen molar-refractivity contribution in [2.45, 2.75) is 77.2 Å². The molecule has 31 heavy (non-hydrogen) atoms. The molecule has 0 spiro atoms. The predicted octanol–water partition coefficient (Wildman–Crippen LogP) is 3.03. The summed E-state index contributed by atoms with van der Waals surface area (Å²) in [5.41, 5.74) is -0.914. The smallest absolute Gasteiger partial charge is 0.330 e. The number of aromatic nitrogens is 2. The van der Waals surface area contributed by atoms with Gasteiger partial charge in [0.05, 0.1) is 5.56 Å². The van der Waals surface area contributed by atoms with E-state index in [1.807, 2.05) is 13.8 Å². The number of esters is 2. The molecule has 3 atom stereocenters. The summed E-state index contributed by atoms with van der Waals surface area (Å²) >= 11 is 3.11. The SMILES string of the molecule is CCCCC(=O)OC[C@H]1O[C@@H](n2cc(/C=C/Br)c(=O)[nH]c2=O)C[C@@H]1OC(=O)CCCC. The van der Waals surface area contributed by atoms with E-state index < -0.39 is 29.7 Å². The molecule has 1 saturated heterocycles. The van der Waals surface area contributed by atoms with Gasteiger partial charge >= 0.3 is 17.6 Å². The molecule has 1 aliphatic rings. The molecule has 0 aliphatic carbocycles. The minimum atomic E-state index is -0.782. The number of nitrogens with zero attached hydrogens (tertiary/aromatic N) is 1. The van der Waals surface area contributed by atoms with Crippen LogP contribution in [-0.2, 0) is 23.8 Å². The van der Waals surface area contributed by atoms with Gasteiger partial charge in [0, 0.05) is 25.5 Å². The van der Waals surface area contributed by atoms with E-state index >= 15 is 0 Å². The Bertz CT molecular complexity index is 892. The molecule has 1 aliphatic heterocycles. The third kappa shape index (κ3) is 7.46. The van der Waals surface area contributed by atoms with Crippen molar-refractivity contribution in [2.24, 2.45) is 0 Å². The molecule has 9 nitrogen and oxygen atoms in total. The van der Waals surface area contributed by atoms with Crippen molar-refractivity contribution in [3.8, 4) is 0 Å². The molecule has 0 unspecified atom stereocenters. The lowest BCUT2D eigenvalue weighted by Gasteiger charge is -2.19. The summed E-state index contributed by atoms with van der Waals surface area (Å²) in [7, 11) is 0. The van der Waals surface area contributed by atoms with Gasteiger partial charge in [-0.1, -0.05) is 42.6 Å². The van der Waals surface area contributed by atoms with Gasteiger partial charge in [-0.2, -0.15) is 0 Å². The van der Waals surface area contributed by atoms with E-state index in [4.69, 9.17) is 14.2 Å². The van der Waals surface area contributed by atoms with Crippen LogP contribution in [0.3, 0.4) is 0 Å². The number of aromatic amines is 1. The Labute approximate surface area is 188 Å². The lowest BCUT2D eigenvalue weighted by atomic mass is 10.1. The molecular formula is C21H29BrN2O7. The minimum absolute atomic E-state index is 0.0863. The van der Waals surface area contributed by atoms with Gasteiger partial charge in [0.2, 0.25) is 0 Å². The topological polar surface area (TPSA) is 117 Å². The Morgan fingerprint density at radius 2 is 1.90 bits per heavy atom. The van der Waals surface area contributed by atoms with Crippen LogP contribution in [0.2, 0.25) is 0 Å². The van der Waals surface area contributed by atoms with Crippen molar-refractivity contribution >= 4 is 33.9 Å². The highest BCUT2D eigenvalue weighted by Gasteiger charge is 2.40. The second-order valence-corrected chi connectivity index (χ2v) is 7.86. The molecule has 1 aromatic rings. The average Bonchev–Trinajstić information content (AvgIpc) is 3.13. The van der Waals surface area contributed by atoms with Crippen LogP contribution in [0, 0.1) is 0 Å². The zero-order chi connectivity index (χ0) is 22.8. The van der Waals surface area contributed by atoms with Crippen LogP contribution >= 0.6 is 15.9 Å². The maximum absolute atomic E-state index is 12.3. The monoisotopic (exact) mass is 500 g/mol. The first-order chi connectivity index (χ1) is 14.9. The Balaban J connectivity index is 2.18. The predicted molar refractivity (Wildman–Crippen MR) is 118 cm³/mol. The molecule has 0 amide bonds. The van der Waals surface area contributed by atoms with Gasteiger partial charge in [-0.15, -0.1) is 0 Å². The maximum Gasteiger partial charge on any atom is 0.330 e. The number of carbonyl (C=O) groups is 2. The number of hydrogen-bond donors (Lipinski definition) is 1. The molecule has 10 heteroatoms. The lowest BCUT2D eigenvalue weighted by Crippen LogP contribution is -2.33. The van der Waals surface area contributed by atoms with Crippen LogP contribution in [0.15, 0.2) is 20.8 Å². The number of unbranched alkanes of at least 4 members (excludes halogenated alkanes) is 2. The highest BCUT2D eigenvalue weighted by molar-refractivity contribution is 9.11. The molecular weight excluding hydrogens is 472 g/mol. The van der Waals surface area contributed by atoms with Crippen LogP contribution < -0.4 is 11.2 Å². The number of H-pyrrole nitrogens is 1. The number of carbonyl (C=O) groups excluding carboxylic acids is 2. The number of nitrogens with one attached hydrogen (secondary N) is 1. The summed E-state index contributed by atoms with van der Waals surface area (Å²) in [5, 5.41) is 0. The van der Waals surface area contributed by atoms with Gasteiger partial charge in [-0.05, 0) is 23.9 Å². The van der Waals surface area contributed by atoms with E-state index in [0.29, 0.717) is 12.8 Å². The number of halogens is 1. The summed E-state index contributed by atoms with van der Waals surface area (Å²) in [6.07, 6.45) is 4.63. The summed E-state index contributed by atoms with van der Waals surface area (Å²) in [6.45, 7) is 3.86. The van der Waals surface area contributed by atoms with Crippen molar-refractivity contribution in [3.05, 3.63) is 37.6 Å². The Morgan fingerprint density at radius 1 is 1.23 bits per heavy atom. The number of rotatable bonds is 11. The molecule has 0 saturated carbocycles. The van der Waals surface area contributed by atoms with Gasteiger partial charge in [-0.25, -0.2) is 4.79 Å². The third-order valence-corrected chi connectivity index (χ3v) is 5.15. The summed E-state index contributed by atoms with van der Waals surface area (Å²) < 4.78 is 18.0. The van der Waals surface area contributed by atoms with E-state index in [1.165, 1.54) is 21.8 Å². The Morgan fingerprint density at radius 3 is 2.55 bits per heavy atom. The number of ether oxygens (including phenoxy) is 3. The van der Waals surface area contributed by atoms with Crippen molar-refractivity contribution in [2.75, 3.05) is 6.61 Å². The second-order valence-electron chi connectivity index (χ2n) is 7.33. The normalized spacial score (nSPS) is 20.8. The van der Waals surface area contributed by atoms with E-state index in [0.717, 1.165) is 19.3 Å². The van der Waals surface area contributed by atoms with E-state index in [2.05, 4.69) is 20.9 Å². The summed E-state index contributed by atoms with van der Waals surface area (Å²) in [4.78, 5) is 52.1. The highest BCUT2D eigenvalue weighted by atomic mass is 79.9. The van der Waals surface area contributed by atoms with Crippen LogP contribution in [0.4, 0.5) is 0 Å². The van der Waals surface area contributed by atoms with Gasteiger partial charge in [0.25, 0.3) is 5.56 Å². The molecule has 1 aromatic heterocycles. The molecule has 172 valence electrons. The quantitative estimate of drug-likeness (QED) is 0.464. The van der Waals surface area contributed by atoms with Crippen LogP contribution in [0.1, 0.15) is 70.6 Å². The standard InChI is InChI=1S/C21H29BrN2O7/c1-3-5-7-18(25)29-13-16-15(31-19(26)8-6-4-2)11-17(30-16)24-12-14(9-10-22)20(27)23-21(24)28/h9-10,12,15-17H,3-8,11,13H2,1-2H3,(H,23,27,28)/b10-9+/t15-,16+,17+/m0/s1. The van der Waals surface area contributed by atoms with E-state index in [-0.39, 0.29) is 37.0 Å². The largest absolute Gasteiger partial charge is 0.463 e. The third-order valence-electron chi connectivity index (χ3n) is 4.89. The molecule has 2 heterocycles. The second kappa shape index (κ2) is 12.6. The van der Waals surface area contributed by atoms with Gasteiger partial charge in [-0.3, -0.25) is 23.9 Å². The van der Waals surface area contributed by atoms with Crippen LogP contribution in [-0.4, -0.2) is 40.3 Å². The molecule has 0 aromatic carbocycles.